The molecule has 19 heavy (non-hydrogen) atoms. The third-order valence-electron chi connectivity index (χ3n) is 3.10. The van der Waals surface area contributed by atoms with Gasteiger partial charge in [-0.15, -0.1) is 5.10 Å². The monoisotopic (exact) mass is 322 g/mol. The van der Waals surface area contributed by atoms with Gasteiger partial charge in [0.1, 0.15) is 0 Å². The van der Waals surface area contributed by atoms with Gasteiger partial charge >= 0.3 is 0 Å². The molecule has 2 aromatic rings. The summed E-state index contributed by atoms with van der Waals surface area (Å²) < 4.78 is 0.929. The Kier molecular flexibility index (Phi) is 3.48. The molecule has 0 bridgehead atoms. The second-order valence-corrected chi connectivity index (χ2v) is 5.59. The fraction of sp³-hybridized carbons (Fsp3) is 0.417. The molecule has 100 valence electrons. The largest absolute Gasteiger partial charge is 0.337 e. The fourth-order valence-corrected chi connectivity index (χ4v) is 2.54. The maximum atomic E-state index is 4.55. The molecular formula is C12H15BrN6. The van der Waals surface area contributed by atoms with Crippen molar-refractivity contribution in [2.45, 2.75) is 13.0 Å². The van der Waals surface area contributed by atoms with Crippen molar-refractivity contribution < 1.29 is 0 Å². The summed E-state index contributed by atoms with van der Waals surface area (Å²) in [5.74, 6) is 1.50. The zero-order valence-electron chi connectivity index (χ0n) is 10.6. The van der Waals surface area contributed by atoms with Gasteiger partial charge in [-0.25, -0.2) is 0 Å². The van der Waals surface area contributed by atoms with Crippen LogP contribution in [0.15, 0.2) is 22.9 Å². The molecule has 1 aliphatic heterocycles. The van der Waals surface area contributed by atoms with Crippen LogP contribution >= 0.6 is 15.9 Å². The SMILES string of the molecule is CC1CN(c2n[nH]c(-c3cncc(Br)c3)n2)CCN1. The fourth-order valence-electron chi connectivity index (χ4n) is 2.18. The van der Waals surface area contributed by atoms with Crippen molar-refractivity contribution in [2.75, 3.05) is 24.5 Å². The Morgan fingerprint density at radius 3 is 3.11 bits per heavy atom. The lowest BCUT2D eigenvalue weighted by molar-refractivity contribution is 0.480. The van der Waals surface area contributed by atoms with E-state index in [9.17, 15) is 0 Å². The lowest BCUT2D eigenvalue weighted by atomic mass is 10.2. The minimum Gasteiger partial charge on any atom is -0.337 e. The van der Waals surface area contributed by atoms with E-state index < -0.39 is 0 Å². The topological polar surface area (TPSA) is 69.7 Å². The first kappa shape index (κ1) is 12.6. The van der Waals surface area contributed by atoms with E-state index >= 15 is 0 Å². The van der Waals surface area contributed by atoms with E-state index in [1.54, 1.807) is 12.4 Å². The van der Waals surface area contributed by atoms with Gasteiger partial charge < -0.3 is 10.2 Å². The summed E-state index contributed by atoms with van der Waals surface area (Å²) in [6.45, 7) is 4.98. The van der Waals surface area contributed by atoms with Crippen LogP contribution < -0.4 is 10.2 Å². The molecule has 1 fully saturated rings. The van der Waals surface area contributed by atoms with Gasteiger partial charge in [0.25, 0.3) is 0 Å². The van der Waals surface area contributed by atoms with Gasteiger partial charge in [0.05, 0.1) is 0 Å². The lowest BCUT2D eigenvalue weighted by Gasteiger charge is -2.30. The van der Waals surface area contributed by atoms with Gasteiger partial charge in [0, 0.05) is 48.1 Å². The smallest absolute Gasteiger partial charge is 0.245 e. The first-order valence-corrected chi connectivity index (χ1v) is 7.03. The Labute approximate surface area is 119 Å². The van der Waals surface area contributed by atoms with E-state index in [0.29, 0.717) is 6.04 Å². The van der Waals surface area contributed by atoms with Crippen molar-refractivity contribution in [3.05, 3.63) is 22.9 Å². The van der Waals surface area contributed by atoms with Crippen molar-refractivity contribution in [3.8, 4) is 11.4 Å². The number of nitrogens with zero attached hydrogens (tertiary/aromatic N) is 4. The van der Waals surface area contributed by atoms with Crippen molar-refractivity contribution in [3.63, 3.8) is 0 Å². The van der Waals surface area contributed by atoms with Crippen LogP contribution in [-0.4, -0.2) is 45.8 Å². The van der Waals surface area contributed by atoms with Gasteiger partial charge in [0.15, 0.2) is 5.82 Å². The molecule has 6 nitrogen and oxygen atoms in total. The molecule has 0 amide bonds. The first-order chi connectivity index (χ1) is 9.22. The molecule has 1 atom stereocenters. The third-order valence-corrected chi connectivity index (χ3v) is 3.54. The van der Waals surface area contributed by atoms with Gasteiger partial charge in [-0.2, -0.15) is 4.98 Å². The second-order valence-electron chi connectivity index (χ2n) is 4.68. The number of anilines is 1. The number of pyridine rings is 1. The van der Waals surface area contributed by atoms with Crippen molar-refractivity contribution in [2.24, 2.45) is 0 Å². The number of aromatic amines is 1. The van der Waals surface area contributed by atoms with Crippen molar-refractivity contribution in [1.82, 2.24) is 25.5 Å². The van der Waals surface area contributed by atoms with E-state index in [0.717, 1.165) is 41.4 Å². The predicted octanol–water partition coefficient (Wildman–Crippen LogP) is 1.43. The number of H-pyrrole nitrogens is 1. The van der Waals surface area contributed by atoms with E-state index in [1.807, 2.05) is 6.07 Å². The predicted molar refractivity (Wildman–Crippen MR) is 77.0 cm³/mol. The number of piperazine rings is 1. The van der Waals surface area contributed by atoms with Gasteiger partial charge in [-0.3, -0.25) is 10.1 Å². The Hall–Kier alpha value is -1.47. The minimum absolute atomic E-state index is 0.461. The third kappa shape index (κ3) is 2.76. The minimum atomic E-state index is 0.461. The number of aromatic nitrogens is 4. The molecule has 1 unspecified atom stereocenters. The summed E-state index contributed by atoms with van der Waals surface area (Å²) in [5.41, 5.74) is 0.927. The van der Waals surface area contributed by atoms with E-state index in [2.05, 4.69) is 53.2 Å². The van der Waals surface area contributed by atoms with Crippen LogP contribution in [0.4, 0.5) is 5.95 Å². The molecule has 0 aliphatic carbocycles. The molecule has 0 radical (unpaired) electrons. The normalized spacial score (nSPS) is 19.7. The molecule has 3 heterocycles. The standard InChI is InChI=1S/C12H15BrN6/c1-8-7-19(3-2-15-8)12-16-11(17-18-12)9-4-10(13)6-14-5-9/h4-6,8,15H,2-3,7H2,1H3,(H,16,17,18). The molecule has 2 aromatic heterocycles. The molecule has 7 heteroatoms. The highest BCUT2D eigenvalue weighted by atomic mass is 79.9. The molecule has 0 aromatic carbocycles. The van der Waals surface area contributed by atoms with Crippen LogP contribution in [-0.2, 0) is 0 Å². The van der Waals surface area contributed by atoms with Crippen LogP contribution in [0, 0.1) is 0 Å². The van der Waals surface area contributed by atoms with Gasteiger partial charge in [-0.1, -0.05) is 0 Å². The Balaban J connectivity index is 1.83. The molecule has 1 saturated heterocycles. The van der Waals surface area contributed by atoms with Gasteiger partial charge in [-0.05, 0) is 28.9 Å². The summed E-state index contributed by atoms with van der Waals surface area (Å²) in [5, 5.41) is 10.7. The Bertz CT molecular complexity index is 569. The lowest BCUT2D eigenvalue weighted by Crippen LogP contribution is -2.49. The van der Waals surface area contributed by atoms with Crippen LogP contribution in [0.1, 0.15) is 6.92 Å². The molecule has 1 aliphatic rings. The van der Waals surface area contributed by atoms with Crippen LogP contribution in [0.2, 0.25) is 0 Å². The zero-order chi connectivity index (χ0) is 13.2. The Morgan fingerprint density at radius 2 is 2.32 bits per heavy atom. The zero-order valence-corrected chi connectivity index (χ0v) is 12.2. The van der Waals surface area contributed by atoms with Crippen LogP contribution in [0.5, 0.6) is 0 Å². The average molecular weight is 323 g/mol. The van der Waals surface area contributed by atoms with E-state index in [4.69, 9.17) is 0 Å². The van der Waals surface area contributed by atoms with Crippen molar-refractivity contribution in [1.29, 1.82) is 0 Å². The maximum Gasteiger partial charge on any atom is 0.245 e. The number of hydrogen-bond acceptors (Lipinski definition) is 5. The summed E-state index contributed by atoms with van der Waals surface area (Å²) in [7, 11) is 0. The second kappa shape index (κ2) is 5.26. The number of halogens is 1. The van der Waals surface area contributed by atoms with E-state index in [-0.39, 0.29) is 0 Å². The number of hydrogen-bond donors (Lipinski definition) is 2. The molecule has 3 rings (SSSR count). The summed E-state index contributed by atoms with van der Waals surface area (Å²) >= 11 is 3.41. The van der Waals surface area contributed by atoms with E-state index in [1.165, 1.54) is 0 Å². The van der Waals surface area contributed by atoms with Crippen LogP contribution in [0.3, 0.4) is 0 Å². The Morgan fingerprint density at radius 1 is 1.42 bits per heavy atom. The highest BCUT2D eigenvalue weighted by Gasteiger charge is 2.19. The summed E-state index contributed by atoms with van der Waals surface area (Å²) in [6.07, 6.45) is 3.52. The molecular weight excluding hydrogens is 308 g/mol. The molecule has 0 spiro atoms. The first-order valence-electron chi connectivity index (χ1n) is 6.24. The maximum absolute atomic E-state index is 4.55. The molecule has 0 saturated carbocycles. The average Bonchev–Trinajstić information content (AvgIpc) is 2.88. The number of nitrogens with one attached hydrogen (secondary N) is 2. The van der Waals surface area contributed by atoms with Gasteiger partial charge in [0.2, 0.25) is 5.95 Å². The number of rotatable bonds is 2. The summed E-state index contributed by atoms with van der Waals surface area (Å²) in [4.78, 5) is 10.9. The van der Waals surface area contributed by atoms with Crippen LogP contribution in [0.25, 0.3) is 11.4 Å². The highest BCUT2D eigenvalue weighted by Crippen LogP contribution is 2.20. The highest BCUT2D eigenvalue weighted by molar-refractivity contribution is 9.10. The summed E-state index contributed by atoms with van der Waals surface area (Å²) in [6, 6.07) is 2.43. The quantitative estimate of drug-likeness (QED) is 0.875. The molecule has 2 N–H and O–H groups in total. The van der Waals surface area contributed by atoms with Crippen molar-refractivity contribution >= 4 is 21.9 Å².